The van der Waals surface area contributed by atoms with E-state index >= 15 is 0 Å². The molecule has 0 saturated carbocycles. The predicted molar refractivity (Wildman–Crippen MR) is 89.5 cm³/mol. The van der Waals surface area contributed by atoms with Gasteiger partial charge in [0.1, 0.15) is 5.60 Å². The number of esters is 1. The van der Waals surface area contributed by atoms with Gasteiger partial charge in [-0.05, 0) is 32.9 Å². The molecule has 0 aliphatic carbocycles. The molecule has 0 atom stereocenters. The maximum absolute atomic E-state index is 12.1. The number of ether oxygens (including phenoxy) is 1. The Kier molecular flexibility index (Phi) is 6.26. The van der Waals surface area contributed by atoms with Gasteiger partial charge in [-0.15, -0.1) is 0 Å². The highest BCUT2D eigenvalue weighted by molar-refractivity contribution is 6.01. The fourth-order valence-electron chi connectivity index (χ4n) is 1.80. The zero-order valence-electron chi connectivity index (χ0n) is 15.1. The minimum atomic E-state index is -0.611. The average molecular weight is 335 g/mol. The molecule has 0 aliphatic heterocycles. The predicted octanol–water partition coefficient (Wildman–Crippen LogP) is 2.92. The van der Waals surface area contributed by atoms with E-state index in [4.69, 9.17) is 9.57 Å². The Labute approximate surface area is 142 Å². The van der Waals surface area contributed by atoms with Crippen molar-refractivity contribution in [3.63, 3.8) is 0 Å². The molecule has 1 aromatic rings. The van der Waals surface area contributed by atoms with Crippen LogP contribution in [0.25, 0.3) is 0 Å². The van der Waals surface area contributed by atoms with E-state index < -0.39 is 22.9 Å². The number of amides is 1. The lowest BCUT2D eigenvalue weighted by Crippen LogP contribution is -2.31. The molecule has 0 saturated heterocycles. The van der Waals surface area contributed by atoms with Gasteiger partial charge in [-0.3, -0.25) is 14.4 Å². The maximum atomic E-state index is 12.1. The quantitative estimate of drug-likeness (QED) is 0.508. The zero-order chi connectivity index (χ0) is 18.5. The summed E-state index contributed by atoms with van der Waals surface area (Å²) in [6, 6.07) is 6.25. The minimum absolute atomic E-state index is 0.00404. The van der Waals surface area contributed by atoms with Gasteiger partial charge in [-0.1, -0.05) is 32.9 Å². The van der Waals surface area contributed by atoms with Crippen molar-refractivity contribution in [2.75, 3.05) is 6.61 Å². The van der Waals surface area contributed by atoms with Crippen LogP contribution in [0.4, 0.5) is 0 Å². The highest BCUT2D eigenvalue weighted by Gasteiger charge is 2.23. The SMILES string of the molecule is CC(C)(C)OC(=O)CONC(=O)c1ccc(C(=O)C(C)(C)C)cc1. The normalized spacial score (nSPS) is 11.8. The highest BCUT2D eigenvalue weighted by Crippen LogP contribution is 2.20. The number of hydrogen-bond donors (Lipinski definition) is 1. The summed E-state index contributed by atoms with van der Waals surface area (Å²) in [5.41, 5.74) is 1.93. The number of Topliss-reactive ketones (excluding diaryl/α,β-unsaturated/α-hetero) is 1. The van der Waals surface area contributed by atoms with Crippen LogP contribution in [0.5, 0.6) is 0 Å². The molecule has 6 heteroatoms. The monoisotopic (exact) mass is 335 g/mol. The van der Waals surface area contributed by atoms with Crippen LogP contribution in [0.15, 0.2) is 24.3 Å². The maximum Gasteiger partial charge on any atom is 0.335 e. The first-order valence-corrected chi connectivity index (χ1v) is 7.69. The summed E-state index contributed by atoms with van der Waals surface area (Å²) in [4.78, 5) is 40.4. The van der Waals surface area contributed by atoms with Crippen molar-refractivity contribution in [1.29, 1.82) is 0 Å². The molecule has 0 unspecified atom stereocenters. The fourth-order valence-corrected chi connectivity index (χ4v) is 1.80. The molecule has 0 bridgehead atoms. The third kappa shape index (κ3) is 6.50. The summed E-state index contributed by atoms with van der Waals surface area (Å²) < 4.78 is 5.05. The van der Waals surface area contributed by atoms with E-state index in [0.29, 0.717) is 11.1 Å². The van der Waals surface area contributed by atoms with E-state index in [-0.39, 0.29) is 12.4 Å². The van der Waals surface area contributed by atoms with E-state index in [1.165, 1.54) is 12.1 Å². The molecule has 0 fully saturated rings. The van der Waals surface area contributed by atoms with Gasteiger partial charge >= 0.3 is 5.97 Å². The van der Waals surface area contributed by atoms with E-state index in [2.05, 4.69) is 5.48 Å². The van der Waals surface area contributed by atoms with E-state index in [0.717, 1.165) is 0 Å². The summed E-state index contributed by atoms with van der Waals surface area (Å²) in [6.07, 6.45) is 0. The molecular weight excluding hydrogens is 310 g/mol. The molecule has 0 spiro atoms. The van der Waals surface area contributed by atoms with Crippen molar-refractivity contribution in [2.45, 2.75) is 47.1 Å². The van der Waals surface area contributed by atoms with E-state index in [1.807, 2.05) is 20.8 Å². The first-order valence-electron chi connectivity index (χ1n) is 7.69. The number of carbonyl (C=O) groups is 3. The van der Waals surface area contributed by atoms with Gasteiger partial charge in [-0.25, -0.2) is 10.3 Å². The molecular formula is C18H25NO5. The average Bonchev–Trinajstić information content (AvgIpc) is 2.43. The largest absolute Gasteiger partial charge is 0.458 e. The summed E-state index contributed by atoms with van der Waals surface area (Å²) in [5, 5.41) is 0. The number of nitrogens with one attached hydrogen (secondary N) is 1. The van der Waals surface area contributed by atoms with E-state index in [9.17, 15) is 14.4 Å². The second kappa shape index (κ2) is 7.57. The highest BCUT2D eigenvalue weighted by atomic mass is 16.7. The summed E-state index contributed by atoms with van der Waals surface area (Å²) in [5.74, 6) is -1.09. The molecule has 132 valence electrons. The third-order valence-electron chi connectivity index (χ3n) is 2.87. The van der Waals surface area contributed by atoms with Crippen LogP contribution in [-0.2, 0) is 14.4 Å². The van der Waals surface area contributed by atoms with Crippen LogP contribution in [0.3, 0.4) is 0 Å². The molecule has 24 heavy (non-hydrogen) atoms. The number of hydrogen-bond acceptors (Lipinski definition) is 5. The van der Waals surface area contributed by atoms with Crippen molar-refractivity contribution in [3.8, 4) is 0 Å². The molecule has 1 amide bonds. The first kappa shape index (κ1) is 19.8. The van der Waals surface area contributed by atoms with Gasteiger partial charge in [0.25, 0.3) is 5.91 Å². The Balaban J connectivity index is 2.55. The second-order valence-corrected chi connectivity index (χ2v) is 7.46. The Morgan fingerprint density at radius 3 is 1.88 bits per heavy atom. The number of ketones is 1. The Hall–Kier alpha value is -2.21. The Bertz CT molecular complexity index is 606. The first-order chi connectivity index (χ1) is 10.9. The fraction of sp³-hybridized carbons (Fsp3) is 0.500. The van der Waals surface area contributed by atoms with Gasteiger partial charge in [-0.2, -0.15) is 0 Å². The van der Waals surface area contributed by atoms with Crippen LogP contribution >= 0.6 is 0 Å². The standard InChI is InChI=1S/C18H25NO5/c1-17(2,3)15(21)12-7-9-13(10-8-12)16(22)19-23-11-14(20)24-18(4,5)6/h7-10H,11H2,1-6H3,(H,19,22). The van der Waals surface area contributed by atoms with Crippen LogP contribution in [0, 0.1) is 5.41 Å². The topological polar surface area (TPSA) is 81.7 Å². The van der Waals surface area contributed by atoms with Crippen LogP contribution in [0.1, 0.15) is 62.3 Å². The van der Waals surface area contributed by atoms with Crippen LogP contribution < -0.4 is 5.48 Å². The van der Waals surface area contributed by atoms with Crippen molar-refractivity contribution < 1.29 is 24.0 Å². The molecule has 1 N–H and O–H groups in total. The molecule has 1 rings (SSSR count). The van der Waals surface area contributed by atoms with Crippen molar-refractivity contribution in [3.05, 3.63) is 35.4 Å². The second-order valence-electron chi connectivity index (χ2n) is 7.46. The summed E-state index contributed by atoms with van der Waals surface area (Å²) >= 11 is 0. The minimum Gasteiger partial charge on any atom is -0.458 e. The van der Waals surface area contributed by atoms with Gasteiger partial charge in [0.15, 0.2) is 12.4 Å². The summed E-state index contributed by atoms with van der Waals surface area (Å²) in [7, 11) is 0. The van der Waals surface area contributed by atoms with Crippen molar-refractivity contribution >= 4 is 17.7 Å². The molecule has 0 aliphatic rings. The van der Waals surface area contributed by atoms with Crippen LogP contribution in [0.2, 0.25) is 0 Å². The lowest BCUT2D eigenvalue weighted by atomic mass is 9.86. The van der Waals surface area contributed by atoms with Crippen LogP contribution in [-0.4, -0.2) is 29.9 Å². The number of benzene rings is 1. The van der Waals surface area contributed by atoms with E-state index in [1.54, 1.807) is 32.9 Å². The van der Waals surface area contributed by atoms with Crippen molar-refractivity contribution in [2.24, 2.45) is 5.41 Å². The molecule has 0 aromatic heterocycles. The number of rotatable bonds is 5. The molecule has 0 heterocycles. The van der Waals surface area contributed by atoms with Gasteiger partial charge in [0, 0.05) is 16.5 Å². The van der Waals surface area contributed by atoms with Gasteiger partial charge in [0.2, 0.25) is 0 Å². The molecule has 6 nitrogen and oxygen atoms in total. The lowest BCUT2D eigenvalue weighted by Gasteiger charge is -2.19. The smallest absolute Gasteiger partial charge is 0.335 e. The third-order valence-corrected chi connectivity index (χ3v) is 2.87. The summed E-state index contributed by atoms with van der Waals surface area (Å²) in [6.45, 7) is 10.3. The Morgan fingerprint density at radius 1 is 0.917 bits per heavy atom. The van der Waals surface area contributed by atoms with Gasteiger partial charge in [0.05, 0.1) is 0 Å². The lowest BCUT2D eigenvalue weighted by molar-refractivity contribution is -0.162. The number of carbonyl (C=O) groups excluding carboxylic acids is 3. The zero-order valence-corrected chi connectivity index (χ0v) is 15.1. The van der Waals surface area contributed by atoms with Crippen molar-refractivity contribution in [1.82, 2.24) is 5.48 Å². The molecule has 0 radical (unpaired) electrons. The molecule has 1 aromatic carbocycles. The number of hydroxylamine groups is 1. The Morgan fingerprint density at radius 2 is 1.42 bits per heavy atom. The van der Waals surface area contributed by atoms with Gasteiger partial charge < -0.3 is 4.74 Å².